The van der Waals surface area contributed by atoms with E-state index in [9.17, 15) is 8.78 Å². The Hall–Kier alpha value is -1.04. The maximum Gasteiger partial charge on any atom is 0.163 e. The van der Waals surface area contributed by atoms with Gasteiger partial charge in [-0.2, -0.15) is 0 Å². The third-order valence-corrected chi connectivity index (χ3v) is 3.17. The lowest BCUT2D eigenvalue weighted by Gasteiger charge is -2.16. The van der Waals surface area contributed by atoms with E-state index in [1.54, 1.807) is 7.11 Å². The zero-order valence-electron chi connectivity index (χ0n) is 11.1. The molecule has 0 N–H and O–H groups in total. The zero-order valence-corrected chi connectivity index (χ0v) is 11.1. The lowest BCUT2D eigenvalue weighted by atomic mass is 9.97. The highest BCUT2D eigenvalue weighted by Gasteiger charge is 2.35. The highest BCUT2D eigenvalue weighted by molar-refractivity contribution is 5.18. The smallest absolute Gasteiger partial charge is 0.163 e. The molecule has 1 aliphatic heterocycles. The van der Waals surface area contributed by atoms with Crippen LogP contribution in [-0.2, 0) is 20.6 Å². The van der Waals surface area contributed by atoms with Crippen molar-refractivity contribution in [2.45, 2.75) is 32.3 Å². The quantitative estimate of drug-likeness (QED) is 0.825. The van der Waals surface area contributed by atoms with Crippen LogP contribution >= 0.6 is 0 Å². The summed E-state index contributed by atoms with van der Waals surface area (Å²) in [6.07, 6.45) is 0.447. The molecular formula is C14H18F2O3. The summed E-state index contributed by atoms with van der Waals surface area (Å²) in [6.45, 7) is 2.45. The SMILES string of the molecule is CCOC1CC(Cc2cc(F)cc(F)c2)C(OC)O1. The minimum Gasteiger partial charge on any atom is -0.355 e. The van der Waals surface area contributed by atoms with Crippen LogP contribution in [0.2, 0.25) is 0 Å². The van der Waals surface area contributed by atoms with Gasteiger partial charge in [-0.1, -0.05) is 0 Å². The van der Waals surface area contributed by atoms with Crippen LogP contribution in [0.4, 0.5) is 8.78 Å². The normalized spacial score (nSPS) is 26.8. The summed E-state index contributed by atoms with van der Waals surface area (Å²) in [6, 6.07) is 3.54. The van der Waals surface area contributed by atoms with Crippen molar-refractivity contribution in [3.05, 3.63) is 35.4 Å². The molecule has 0 saturated carbocycles. The highest BCUT2D eigenvalue weighted by atomic mass is 19.1. The standard InChI is InChI=1S/C14H18F2O3/c1-3-18-13-7-10(14(17-2)19-13)4-9-5-11(15)8-12(16)6-9/h5-6,8,10,13-14H,3-4,7H2,1-2H3. The predicted octanol–water partition coefficient (Wildman–Crippen LogP) is 2.88. The molecule has 1 saturated heterocycles. The van der Waals surface area contributed by atoms with Crippen LogP contribution in [0.15, 0.2) is 18.2 Å². The van der Waals surface area contributed by atoms with Crippen LogP contribution in [0.25, 0.3) is 0 Å². The molecule has 1 aromatic rings. The monoisotopic (exact) mass is 272 g/mol. The van der Waals surface area contributed by atoms with Gasteiger partial charge in [0.05, 0.1) is 0 Å². The first-order chi connectivity index (χ1) is 9.12. The zero-order chi connectivity index (χ0) is 13.8. The van der Waals surface area contributed by atoms with Gasteiger partial charge in [0.15, 0.2) is 12.6 Å². The Labute approximate surface area is 111 Å². The molecule has 1 fully saturated rings. The summed E-state index contributed by atoms with van der Waals surface area (Å²) in [5, 5.41) is 0. The summed E-state index contributed by atoms with van der Waals surface area (Å²) >= 11 is 0. The number of hydrogen-bond acceptors (Lipinski definition) is 3. The first-order valence-electron chi connectivity index (χ1n) is 6.37. The van der Waals surface area contributed by atoms with Gasteiger partial charge in [-0.15, -0.1) is 0 Å². The molecule has 0 aromatic heterocycles. The van der Waals surface area contributed by atoms with Gasteiger partial charge < -0.3 is 14.2 Å². The number of benzene rings is 1. The molecule has 3 atom stereocenters. The fraction of sp³-hybridized carbons (Fsp3) is 0.571. The van der Waals surface area contributed by atoms with Crippen LogP contribution in [-0.4, -0.2) is 26.3 Å². The Balaban J connectivity index is 2.04. The number of hydrogen-bond donors (Lipinski definition) is 0. The number of ether oxygens (including phenoxy) is 3. The first-order valence-corrected chi connectivity index (χ1v) is 6.37. The van der Waals surface area contributed by atoms with Crippen molar-refractivity contribution < 1.29 is 23.0 Å². The van der Waals surface area contributed by atoms with Crippen molar-refractivity contribution in [1.29, 1.82) is 0 Å². The molecule has 1 aromatic carbocycles. The van der Waals surface area contributed by atoms with E-state index in [4.69, 9.17) is 14.2 Å². The van der Waals surface area contributed by atoms with Crippen LogP contribution < -0.4 is 0 Å². The van der Waals surface area contributed by atoms with Gasteiger partial charge >= 0.3 is 0 Å². The fourth-order valence-electron chi connectivity index (χ4n) is 2.43. The first kappa shape index (κ1) is 14.4. The molecule has 0 bridgehead atoms. The Morgan fingerprint density at radius 1 is 1.26 bits per heavy atom. The van der Waals surface area contributed by atoms with Gasteiger partial charge in [0.1, 0.15) is 11.6 Å². The van der Waals surface area contributed by atoms with E-state index < -0.39 is 17.9 Å². The topological polar surface area (TPSA) is 27.7 Å². The Morgan fingerprint density at radius 2 is 1.95 bits per heavy atom. The molecule has 3 nitrogen and oxygen atoms in total. The third-order valence-electron chi connectivity index (χ3n) is 3.17. The molecule has 0 radical (unpaired) electrons. The number of methoxy groups -OCH3 is 1. The molecule has 5 heteroatoms. The second-order valence-electron chi connectivity index (χ2n) is 4.60. The van der Waals surface area contributed by atoms with E-state index in [-0.39, 0.29) is 12.2 Å². The summed E-state index contributed by atoms with van der Waals surface area (Å²) in [4.78, 5) is 0. The second kappa shape index (κ2) is 6.41. The average molecular weight is 272 g/mol. The second-order valence-corrected chi connectivity index (χ2v) is 4.60. The molecule has 1 heterocycles. The van der Waals surface area contributed by atoms with Gasteiger partial charge in [-0.05, 0) is 31.0 Å². The van der Waals surface area contributed by atoms with Crippen molar-refractivity contribution in [3.8, 4) is 0 Å². The molecule has 0 spiro atoms. The molecule has 106 valence electrons. The molecule has 3 unspecified atom stereocenters. The van der Waals surface area contributed by atoms with Crippen molar-refractivity contribution >= 4 is 0 Å². The Morgan fingerprint density at radius 3 is 2.53 bits per heavy atom. The number of rotatable bonds is 5. The van der Waals surface area contributed by atoms with E-state index in [1.807, 2.05) is 6.92 Å². The molecule has 2 rings (SSSR count). The Bertz CT molecular complexity index is 405. The summed E-state index contributed by atoms with van der Waals surface area (Å²) in [7, 11) is 1.55. The van der Waals surface area contributed by atoms with Crippen molar-refractivity contribution in [3.63, 3.8) is 0 Å². The van der Waals surface area contributed by atoms with Crippen LogP contribution in [0.1, 0.15) is 18.9 Å². The van der Waals surface area contributed by atoms with E-state index >= 15 is 0 Å². The van der Waals surface area contributed by atoms with Crippen molar-refractivity contribution in [1.82, 2.24) is 0 Å². The third kappa shape index (κ3) is 3.72. The number of halogens is 2. The largest absolute Gasteiger partial charge is 0.355 e. The average Bonchev–Trinajstić information content (AvgIpc) is 2.70. The van der Waals surface area contributed by atoms with Crippen LogP contribution in [0.5, 0.6) is 0 Å². The van der Waals surface area contributed by atoms with E-state index in [2.05, 4.69) is 0 Å². The van der Waals surface area contributed by atoms with Crippen molar-refractivity contribution in [2.24, 2.45) is 5.92 Å². The van der Waals surface area contributed by atoms with Crippen molar-refractivity contribution in [2.75, 3.05) is 13.7 Å². The lowest BCUT2D eigenvalue weighted by molar-refractivity contribution is -0.200. The van der Waals surface area contributed by atoms with E-state index in [0.29, 0.717) is 25.0 Å². The molecule has 0 amide bonds. The molecular weight excluding hydrogens is 254 g/mol. The minimum atomic E-state index is -0.566. The van der Waals surface area contributed by atoms with Gasteiger partial charge in [0.2, 0.25) is 0 Å². The lowest BCUT2D eigenvalue weighted by Crippen LogP contribution is -2.20. The highest BCUT2D eigenvalue weighted by Crippen LogP contribution is 2.30. The van der Waals surface area contributed by atoms with Gasteiger partial charge in [-0.25, -0.2) is 8.78 Å². The van der Waals surface area contributed by atoms with Crippen LogP contribution in [0.3, 0.4) is 0 Å². The predicted molar refractivity (Wildman–Crippen MR) is 65.5 cm³/mol. The summed E-state index contributed by atoms with van der Waals surface area (Å²) < 4.78 is 42.5. The maximum atomic E-state index is 13.2. The summed E-state index contributed by atoms with van der Waals surface area (Å²) in [5.74, 6) is -1.10. The van der Waals surface area contributed by atoms with Gasteiger partial charge in [-0.3, -0.25) is 0 Å². The fourth-order valence-corrected chi connectivity index (χ4v) is 2.43. The van der Waals surface area contributed by atoms with Gasteiger partial charge in [0.25, 0.3) is 0 Å². The summed E-state index contributed by atoms with van der Waals surface area (Å²) in [5.41, 5.74) is 0.602. The van der Waals surface area contributed by atoms with E-state index in [0.717, 1.165) is 6.07 Å². The van der Waals surface area contributed by atoms with Gasteiger partial charge in [0, 0.05) is 32.1 Å². The Kier molecular flexibility index (Phi) is 4.85. The minimum absolute atomic E-state index is 0.0303. The molecule has 19 heavy (non-hydrogen) atoms. The van der Waals surface area contributed by atoms with E-state index in [1.165, 1.54) is 12.1 Å². The molecule has 1 aliphatic rings. The maximum absolute atomic E-state index is 13.2. The van der Waals surface area contributed by atoms with Crippen LogP contribution in [0, 0.1) is 17.6 Å². The molecule has 0 aliphatic carbocycles.